The van der Waals surface area contributed by atoms with Gasteiger partial charge in [-0.25, -0.2) is 4.98 Å². The number of benzene rings is 1. The number of nitrogens with one attached hydrogen (secondary N) is 2. The number of methoxy groups -OCH3 is 2. The van der Waals surface area contributed by atoms with Gasteiger partial charge in [-0.1, -0.05) is 0 Å². The molecule has 2 aromatic heterocycles. The van der Waals surface area contributed by atoms with Crippen molar-refractivity contribution in [3.05, 3.63) is 45.6 Å². The normalized spacial score (nSPS) is 10.6. The van der Waals surface area contributed by atoms with Crippen molar-refractivity contribution in [1.82, 2.24) is 15.0 Å². The van der Waals surface area contributed by atoms with Crippen molar-refractivity contribution < 1.29 is 9.47 Å². The Hall–Kier alpha value is -2.67. The lowest BCUT2D eigenvalue weighted by Gasteiger charge is -2.09. The molecule has 6 nitrogen and oxygen atoms in total. The van der Waals surface area contributed by atoms with Crippen LogP contribution in [-0.4, -0.2) is 29.2 Å². The Bertz CT molecular complexity index is 940. The summed E-state index contributed by atoms with van der Waals surface area (Å²) in [6.07, 6.45) is 1.62. The fourth-order valence-corrected chi connectivity index (χ4v) is 2.35. The van der Waals surface area contributed by atoms with Gasteiger partial charge in [-0.2, -0.15) is 0 Å². The molecule has 3 rings (SSSR count). The number of rotatable bonds is 3. The minimum Gasteiger partial charge on any atom is -0.497 e. The molecule has 0 bridgehead atoms. The number of ether oxygens (including phenoxy) is 2. The average molecular weight is 315 g/mol. The third-order valence-electron chi connectivity index (χ3n) is 3.29. The van der Waals surface area contributed by atoms with Crippen LogP contribution in [0.2, 0.25) is 0 Å². The van der Waals surface area contributed by atoms with Gasteiger partial charge in [0.1, 0.15) is 17.1 Å². The lowest BCUT2D eigenvalue weighted by Crippen LogP contribution is -2.10. The van der Waals surface area contributed by atoms with Crippen molar-refractivity contribution >= 4 is 23.3 Å². The molecule has 0 amide bonds. The van der Waals surface area contributed by atoms with Crippen LogP contribution < -0.4 is 15.0 Å². The molecule has 22 heavy (non-hydrogen) atoms. The van der Waals surface area contributed by atoms with E-state index < -0.39 is 0 Å². The third-order valence-corrected chi connectivity index (χ3v) is 3.49. The van der Waals surface area contributed by atoms with E-state index in [2.05, 4.69) is 15.0 Å². The van der Waals surface area contributed by atoms with E-state index in [1.807, 2.05) is 0 Å². The van der Waals surface area contributed by atoms with Crippen molar-refractivity contribution in [2.45, 2.75) is 0 Å². The Morgan fingerprint density at radius 1 is 1.05 bits per heavy atom. The van der Waals surface area contributed by atoms with E-state index in [0.717, 1.165) is 5.39 Å². The Morgan fingerprint density at radius 3 is 2.36 bits per heavy atom. The Morgan fingerprint density at radius 2 is 1.73 bits per heavy atom. The van der Waals surface area contributed by atoms with Crippen molar-refractivity contribution in [3.8, 4) is 22.6 Å². The summed E-state index contributed by atoms with van der Waals surface area (Å²) < 4.78 is 10.8. The molecule has 112 valence electrons. The predicted octanol–water partition coefficient (Wildman–Crippen LogP) is 2.66. The molecule has 0 saturated heterocycles. The monoisotopic (exact) mass is 315 g/mol. The van der Waals surface area contributed by atoms with Crippen molar-refractivity contribution in [3.63, 3.8) is 0 Å². The van der Waals surface area contributed by atoms with Gasteiger partial charge in [-0.3, -0.25) is 4.79 Å². The number of fused-ring (bicyclic) bond motifs is 1. The molecule has 0 radical (unpaired) electrons. The van der Waals surface area contributed by atoms with Gasteiger partial charge in [0, 0.05) is 23.2 Å². The zero-order valence-corrected chi connectivity index (χ0v) is 12.8. The van der Waals surface area contributed by atoms with Crippen LogP contribution in [0.1, 0.15) is 0 Å². The first-order valence-corrected chi connectivity index (χ1v) is 6.87. The first-order valence-electron chi connectivity index (χ1n) is 6.46. The van der Waals surface area contributed by atoms with Crippen LogP contribution in [0.4, 0.5) is 0 Å². The van der Waals surface area contributed by atoms with Gasteiger partial charge in [-0.05, 0) is 36.0 Å². The van der Waals surface area contributed by atoms with E-state index in [1.54, 1.807) is 44.7 Å². The number of aromatic nitrogens is 3. The number of hydrogen-bond donors (Lipinski definition) is 2. The topological polar surface area (TPSA) is 80.0 Å². The number of nitrogens with zero attached hydrogens (tertiary/aromatic N) is 1. The van der Waals surface area contributed by atoms with Gasteiger partial charge >= 0.3 is 0 Å². The summed E-state index contributed by atoms with van der Waals surface area (Å²) in [5.41, 5.74) is 1.50. The number of hydrogen-bond acceptors (Lipinski definition) is 5. The molecule has 0 atom stereocenters. The van der Waals surface area contributed by atoms with Crippen LogP contribution in [0.25, 0.3) is 22.2 Å². The minimum absolute atomic E-state index is 0.236. The van der Waals surface area contributed by atoms with Crippen molar-refractivity contribution in [2.75, 3.05) is 14.2 Å². The fourth-order valence-electron chi connectivity index (χ4n) is 2.20. The standard InChI is InChI=1S/C15H13N3O3S/c1-20-10-3-8(4-11(6-10)21-2)12-5-9-7-16-15(22)18-13(9)17-14(12)19/h3-7H,1-2H3,(H2,16,17,18,19,22). The van der Waals surface area contributed by atoms with Crippen LogP contribution in [0.5, 0.6) is 11.5 Å². The molecule has 0 saturated carbocycles. The molecule has 0 aliphatic heterocycles. The highest BCUT2D eigenvalue weighted by Crippen LogP contribution is 2.28. The number of H-pyrrole nitrogens is 2. The second-order valence-electron chi connectivity index (χ2n) is 4.63. The van der Waals surface area contributed by atoms with E-state index in [1.165, 1.54) is 0 Å². The summed E-state index contributed by atoms with van der Waals surface area (Å²) >= 11 is 4.95. The van der Waals surface area contributed by atoms with Crippen LogP contribution in [0, 0.1) is 4.77 Å². The van der Waals surface area contributed by atoms with Gasteiger partial charge in [0.25, 0.3) is 5.56 Å². The van der Waals surface area contributed by atoms with Gasteiger partial charge in [0.2, 0.25) is 0 Å². The summed E-state index contributed by atoms with van der Waals surface area (Å²) in [6.45, 7) is 0. The Kier molecular flexibility index (Phi) is 3.64. The Balaban J connectivity index is 2.25. The maximum Gasteiger partial charge on any atom is 0.257 e. The summed E-state index contributed by atoms with van der Waals surface area (Å²) in [5, 5.41) is 0.755. The highest BCUT2D eigenvalue weighted by molar-refractivity contribution is 7.71. The average Bonchev–Trinajstić information content (AvgIpc) is 2.53. The molecule has 2 heterocycles. The molecule has 0 aliphatic rings. The maximum atomic E-state index is 12.3. The molecule has 2 N–H and O–H groups in total. The van der Waals surface area contributed by atoms with Crippen LogP contribution >= 0.6 is 12.2 Å². The zero-order valence-electron chi connectivity index (χ0n) is 12.0. The highest BCUT2D eigenvalue weighted by atomic mass is 32.1. The summed E-state index contributed by atoms with van der Waals surface area (Å²) in [4.78, 5) is 22.0. The molecule has 3 aromatic rings. The SMILES string of the molecule is COc1cc(OC)cc(-c2cc3cnc(=S)[nH]c3[nH]c2=O)c1. The Labute approximate surface area is 130 Å². The molecule has 0 aliphatic carbocycles. The van der Waals surface area contributed by atoms with Gasteiger partial charge in [0.05, 0.1) is 14.2 Å². The van der Waals surface area contributed by atoms with Gasteiger partial charge in [0.15, 0.2) is 4.77 Å². The quantitative estimate of drug-likeness (QED) is 0.726. The molecular weight excluding hydrogens is 302 g/mol. The highest BCUT2D eigenvalue weighted by Gasteiger charge is 2.09. The third kappa shape index (κ3) is 2.58. The predicted molar refractivity (Wildman–Crippen MR) is 86.1 cm³/mol. The first-order chi connectivity index (χ1) is 10.6. The van der Waals surface area contributed by atoms with Gasteiger partial charge in [-0.15, -0.1) is 0 Å². The molecule has 0 spiro atoms. The van der Waals surface area contributed by atoms with Crippen molar-refractivity contribution in [2.24, 2.45) is 0 Å². The van der Waals surface area contributed by atoms with Crippen LogP contribution in [-0.2, 0) is 0 Å². The molecule has 0 unspecified atom stereocenters. The van der Waals surface area contributed by atoms with Crippen molar-refractivity contribution in [1.29, 1.82) is 0 Å². The molecule has 1 aromatic carbocycles. The number of pyridine rings is 1. The lowest BCUT2D eigenvalue weighted by atomic mass is 10.1. The van der Waals surface area contributed by atoms with Crippen LogP contribution in [0.3, 0.4) is 0 Å². The first kappa shape index (κ1) is 14.3. The van der Waals surface area contributed by atoms with E-state index in [4.69, 9.17) is 21.7 Å². The summed E-state index contributed by atoms with van der Waals surface area (Å²) in [7, 11) is 3.13. The largest absolute Gasteiger partial charge is 0.497 e. The second kappa shape index (κ2) is 5.61. The number of aromatic amines is 2. The zero-order chi connectivity index (χ0) is 15.7. The maximum absolute atomic E-state index is 12.3. The summed E-state index contributed by atoms with van der Waals surface area (Å²) in [6, 6.07) is 7.05. The minimum atomic E-state index is -0.236. The smallest absolute Gasteiger partial charge is 0.257 e. The lowest BCUT2D eigenvalue weighted by molar-refractivity contribution is 0.394. The van der Waals surface area contributed by atoms with E-state index >= 15 is 0 Å². The molecule has 0 fully saturated rings. The van der Waals surface area contributed by atoms with Gasteiger partial charge < -0.3 is 19.4 Å². The van der Waals surface area contributed by atoms with E-state index in [-0.39, 0.29) is 5.56 Å². The molecule has 7 heteroatoms. The second-order valence-corrected chi connectivity index (χ2v) is 5.02. The fraction of sp³-hybridized carbons (Fsp3) is 0.133. The van der Waals surface area contributed by atoms with Crippen LogP contribution in [0.15, 0.2) is 35.3 Å². The molecular formula is C15H13N3O3S. The summed E-state index contributed by atoms with van der Waals surface area (Å²) in [5.74, 6) is 1.22. The van der Waals surface area contributed by atoms with E-state index in [0.29, 0.717) is 33.0 Å². The van der Waals surface area contributed by atoms with E-state index in [9.17, 15) is 4.79 Å².